The molecule has 1 unspecified atom stereocenters. The molecule has 31 heavy (non-hydrogen) atoms. The van der Waals surface area contributed by atoms with E-state index in [1.165, 1.54) is 18.2 Å². The number of halogens is 3. The highest BCUT2D eigenvalue weighted by Gasteiger charge is 2.35. The van der Waals surface area contributed by atoms with E-state index >= 15 is 0 Å². The van der Waals surface area contributed by atoms with Crippen LogP contribution in [0.4, 0.5) is 13.2 Å². The smallest absolute Gasteiger partial charge is 0.417 e. The van der Waals surface area contributed by atoms with E-state index in [0.717, 1.165) is 32.2 Å². The largest absolute Gasteiger partial charge is 0.507 e. The van der Waals surface area contributed by atoms with Gasteiger partial charge in [0.05, 0.1) is 21.8 Å². The molecule has 3 aromatic rings. The zero-order valence-corrected chi connectivity index (χ0v) is 16.9. The summed E-state index contributed by atoms with van der Waals surface area (Å²) in [6.07, 6.45) is -5.07. The molecule has 0 radical (unpaired) electrons. The lowest BCUT2D eigenvalue weighted by molar-refractivity contribution is -0.137. The lowest BCUT2D eigenvalue weighted by atomic mass is 9.94. The minimum absolute atomic E-state index is 0.0852. The van der Waals surface area contributed by atoms with E-state index in [1.54, 1.807) is 12.1 Å². The predicted molar refractivity (Wildman–Crippen MR) is 111 cm³/mol. The molecule has 0 spiro atoms. The van der Waals surface area contributed by atoms with E-state index in [-0.39, 0.29) is 16.9 Å². The topological polar surface area (TPSA) is 51.4 Å². The van der Waals surface area contributed by atoms with Crippen LogP contribution in [0.5, 0.6) is 5.75 Å². The van der Waals surface area contributed by atoms with Crippen molar-refractivity contribution in [1.29, 1.82) is 0 Å². The normalized spacial score (nSPS) is 19.8. The highest BCUT2D eigenvalue weighted by Crippen LogP contribution is 2.40. The Morgan fingerprint density at radius 1 is 0.871 bits per heavy atom. The van der Waals surface area contributed by atoms with Crippen LogP contribution in [0.1, 0.15) is 5.56 Å². The van der Waals surface area contributed by atoms with Crippen molar-refractivity contribution < 1.29 is 18.3 Å². The van der Waals surface area contributed by atoms with Crippen LogP contribution < -0.4 is 10.7 Å². The number of nitrogens with zero attached hydrogens (tertiary/aromatic N) is 4. The van der Waals surface area contributed by atoms with Crippen molar-refractivity contribution in [3.8, 4) is 16.9 Å². The van der Waals surface area contributed by atoms with Crippen LogP contribution in [-0.2, 0) is 6.18 Å². The van der Waals surface area contributed by atoms with E-state index in [0.29, 0.717) is 21.5 Å². The molecule has 160 valence electrons. The summed E-state index contributed by atoms with van der Waals surface area (Å²) in [4.78, 5) is 13.8. The molecule has 0 saturated carbocycles. The first-order chi connectivity index (χ1) is 14.8. The van der Waals surface area contributed by atoms with Gasteiger partial charge in [0.2, 0.25) is 0 Å². The first kappa shape index (κ1) is 20.0. The van der Waals surface area contributed by atoms with Gasteiger partial charge in [0, 0.05) is 37.0 Å². The number of piperazine rings is 1. The molecular formula is C23H21F3N4O. The van der Waals surface area contributed by atoms with Crippen LogP contribution in [0.15, 0.2) is 58.5 Å². The number of phenols is 1. The van der Waals surface area contributed by atoms with Crippen LogP contribution in [0.25, 0.3) is 21.9 Å². The van der Waals surface area contributed by atoms with Gasteiger partial charge in [-0.1, -0.05) is 42.5 Å². The first-order valence-electron chi connectivity index (χ1n) is 10.1. The fourth-order valence-electron chi connectivity index (χ4n) is 4.32. The maximum atomic E-state index is 13.8. The summed E-state index contributed by atoms with van der Waals surface area (Å²) >= 11 is 0. The van der Waals surface area contributed by atoms with Crippen LogP contribution in [0.2, 0.25) is 0 Å². The maximum Gasteiger partial charge on any atom is 0.417 e. The number of hydrogen-bond donors (Lipinski definition) is 1. The Hall–Kier alpha value is -2.97. The first-order valence-corrected chi connectivity index (χ1v) is 10.1. The van der Waals surface area contributed by atoms with Crippen molar-refractivity contribution >= 4 is 10.8 Å². The number of fused-ring (bicyclic) bond motifs is 3. The van der Waals surface area contributed by atoms with Gasteiger partial charge in [0.15, 0.2) is 6.29 Å². The number of aromatic hydroxyl groups is 1. The second-order valence-corrected chi connectivity index (χ2v) is 7.95. The molecule has 0 aromatic heterocycles. The average Bonchev–Trinajstić information content (AvgIpc) is 3.19. The van der Waals surface area contributed by atoms with Crippen LogP contribution in [-0.4, -0.2) is 54.4 Å². The molecule has 0 aliphatic carbocycles. The van der Waals surface area contributed by atoms with Crippen molar-refractivity contribution in [3.05, 3.63) is 64.8 Å². The molecule has 1 N–H and O–H groups in total. The summed E-state index contributed by atoms with van der Waals surface area (Å²) in [5.41, 5.74) is -0.810. The lowest BCUT2D eigenvalue weighted by Gasteiger charge is -2.33. The van der Waals surface area contributed by atoms with Gasteiger partial charge in [-0.2, -0.15) is 13.2 Å². The third-order valence-electron chi connectivity index (χ3n) is 5.99. The van der Waals surface area contributed by atoms with Gasteiger partial charge in [-0.3, -0.25) is 4.90 Å². The third kappa shape index (κ3) is 3.36. The minimum Gasteiger partial charge on any atom is -0.507 e. The zero-order chi connectivity index (χ0) is 21.8. The average molecular weight is 426 g/mol. The molecular weight excluding hydrogens is 405 g/mol. The number of rotatable bonds is 2. The number of likely N-dealkylation sites (N-methyl/N-ethyl adjacent to an activating group) is 1. The SMILES string of the molecule is CN1CCN(C2N=c3c(-c4ccccc4C(F)(F)F)c(O)c4ccccc4c3=N2)CC1. The predicted octanol–water partition coefficient (Wildman–Crippen LogP) is 3.02. The van der Waals surface area contributed by atoms with Gasteiger partial charge in [0.25, 0.3) is 0 Å². The van der Waals surface area contributed by atoms with E-state index in [9.17, 15) is 18.3 Å². The van der Waals surface area contributed by atoms with Crippen molar-refractivity contribution in [2.24, 2.45) is 9.98 Å². The van der Waals surface area contributed by atoms with E-state index in [2.05, 4.69) is 9.80 Å². The fourth-order valence-corrected chi connectivity index (χ4v) is 4.32. The Labute approximate surface area is 176 Å². The van der Waals surface area contributed by atoms with Gasteiger partial charge < -0.3 is 10.0 Å². The highest BCUT2D eigenvalue weighted by molar-refractivity contribution is 5.95. The number of benzene rings is 3. The van der Waals surface area contributed by atoms with Gasteiger partial charge in [0.1, 0.15) is 5.75 Å². The molecule has 1 fully saturated rings. The molecule has 1 atom stereocenters. The zero-order valence-electron chi connectivity index (χ0n) is 16.9. The fraction of sp³-hybridized carbons (Fsp3) is 0.304. The Kier molecular flexibility index (Phi) is 4.71. The van der Waals surface area contributed by atoms with Gasteiger partial charge >= 0.3 is 6.18 Å². The standard InChI is InChI=1S/C23H21F3N4O/c1-29-10-12-30(13-11-29)22-27-19-14-6-2-3-7-15(14)21(31)18(20(19)28-22)16-8-4-5-9-17(16)23(24,25)26/h2-9,22,31H,10-13H2,1H3. The number of phenolic OH excluding ortho intramolecular Hbond substituents is 1. The summed E-state index contributed by atoms with van der Waals surface area (Å²) in [5, 5.41) is 13.1. The molecule has 5 nitrogen and oxygen atoms in total. The highest BCUT2D eigenvalue weighted by atomic mass is 19.4. The lowest BCUT2D eigenvalue weighted by Crippen LogP contribution is -2.47. The summed E-state index contributed by atoms with van der Waals surface area (Å²) < 4.78 is 41.4. The van der Waals surface area contributed by atoms with Crippen molar-refractivity contribution in [3.63, 3.8) is 0 Å². The molecule has 0 amide bonds. The third-order valence-corrected chi connectivity index (χ3v) is 5.99. The number of alkyl halides is 3. The van der Waals surface area contributed by atoms with Gasteiger partial charge in [-0.05, 0) is 18.7 Å². The van der Waals surface area contributed by atoms with E-state index < -0.39 is 18.0 Å². The molecule has 1 saturated heterocycles. The Morgan fingerprint density at radius 3 is 2.19 bits per heavy atom. The van der Waals surface area contributed by atoms with E-state index in [4.69, 9.17) is 9.98 Å². The molecule has 2 aliphatic rings. The summed E-state index contributed by atoms with van der Waals surface area (Å²) in [5.74, 6) is -0.205. The summed E-state index contributed by atoms with van der Waals surface area (Å²) in [6.45, 7) is 3.27. The van der Waals surface area contributed by atoms with Crippen molar-refractivity contribution in [1.82, 2.24) is 9.80 Å². The van der Waals surface area contributed by atoms with Crippen LogP contribution in [0, 0.1) is 0 Å². The minimum atomic E-state index is -4.56. The van der Waals surface area contributed by atoms with Gasteiger partial charge in [-0.15, -0.1) is 0 Å². The monoisotopic (exact) mass is 426 g/mol. The molecule has 0 bridgehead atoms. The van der Waals surface area contributed by atoms with Crippen molar-refractivity contribution in [2.75, 3.05) is 33.2 Å². The Morgan fingerprint density at radius 2 is 1.48 bits per heavy atom. The Balaban J connectivity index is 1.79. The molecule has 5 rings (SSSR count). The number of hydrogen-bond acceptors (Lipinski definition) is 5. The van der Waals surface area contributed by atoms with Crippen LogP contribution in [0.3, 0.4) is 0 Å². The quantitative estimate of drug-likeness (QED) is 0.686. The summed E-state index contributed by atoms with van der Waals surface area (Å²) in [6, 6.07) is 12.4. The van der Waals surface area contributed by atoms with Gasteiger partial charge in [-0.25, -0.2) is 9.98 Å². The maximum absolute atomic E-state index is 13.8. The second-order valence-electron chi connectivity index (χ2n) is 7.95. The van der Waals surface area contributed by atoms with E-state index in [1.807, 2.05) is 19.2 Å². The molecule has 8 heteroatoms. The molecule has 2 heterocycles. The van der Waals surface area contributed by atoms with Crippen molar-refractivity contribution in [2.45, 2.75) is 12.5 Å². The second kappa shape index (κ2) is 7.32. The summed E-state index contributed by atoms with van der Waals surface area (Å²) in [7, 11) is 2.05. The molecule has 3 aromatic carbocycles. The van der Waals surface area contributed by atoms with Crippen LogP contribution >= 0.6 is 0 Å². The molecule has 2 aliphatic heterocycles. The Bertz CT molecular complexity index is 1280.